The number of carbonyl (C=O) groups excluding carboxylic acids is 1. The molecule has 0 saturated heterocycles. The summed E-state index contributed by atoms with van der Waals surface area (Å²) in [6.07, 6.45) is 3.67. The minimum atomic E-state index is 0.138. The number of fused-ring (bicyclic) bond motifs is 1. The van der Waals surface area contributed by atoms with Crippen molar-refractivity contribution in [3.63, 3.8) is 0 Å². The maximum atomic E-state index is 12.3. The number of nitrogens with zero attached hydrogens (tertiary/aromatic N) is 4. The summed E-state index contributed by atoms with van der Waals surface area (Å²) in [6, 6.07) is 10.3. The molecule has 1 N–H and O–H groups in total. The van der Waals surface area contributed by atoms with Crippen molar-refractivity contribution in [2.24, 2.45) is 13.0 Å². The average Bonchev–Trinajstić information content (AvgIpc) is 3.23. The molecular formula is C19H23N5O. The predicted molar refractivity (Wildman–Crippen MR) is 96.2 cm³/mol. The van der Waals surface area contributed by atoms with Crippen molar-refractivity contribution in [3.8, 4) is 0 Å². The smallest absolute Gasteiger partial charge is 0.223 e. The fourth-order valence-corrected chi connectivity index (χ4v) is 3.61. The molecule has 0 spiro atoms. The van der Waals surface area contributed by atoms with Crippen LogP contribution >= 0.6 is 0 Å². The number of hydrogen-bond donors (Lipinski definition) is 1. The number of carbonyl (C=O) groups is 1. The van der Waals surface area contributed by atoms with Gasteiger partial charge in [-0.3, -0.25) is 14.2 Å². The summed E-state index contributed by atoms with van der Waals surface area (Å²) >= 11 is 0. The van der Waals surface area contributed by atoms with E-state index in [1.54, 1.807) is 0 Å². The summed E-state index contributed by atoms with van der Waals surface area (Å²) < 4.78 is 3.83. The van der Waals surface area contributed by atoms with Gasteiger partial charge in [-0.05, 0) is 31.2 Å². The van der Waals surface area contributed by atoms with Crippen LogP contribution in [-0.2, 0) is 18.4 Å². The number of aromatic nitrogens is 4. The van der Waals surface area contributed by atoms with Crippen LogP contribution in [0.5, 0.6) is 0 Å². The Labute approximate surface area is 146 Å². The molecule has 1 fully saturated rings. The number of benzene rings is 1. The predicted octanol–water partition coefficient (Wildman–Crippen LogP) is 2.39. The van der Waals surface area contributed by atoms with Crippen molar-refractivity contribution in [1.82, 2.24) is 24.9 Å². The number of rotatable bonds is 6. The van der Waals surface area contributed by atoms with Crippen LogP contribution in [0.4, 0.5) is 0 Å². The second-order valence-corrected chi connectivity index (χ2v) is 6.81. The van der Waals surface area contributed by atoms with E-state index in [1.165, 1.54) is 5.56 Å². The van der Waals surface area contributed by atoms with Gasteiger partial charge in [0, 0.05) is 26.1 Å². The van der Waals surface area contributed by atoms with Crippen LogP contribution in [0.2, 0.25) is 0 Å². The largest absolute Gasteiger partial charge is 0.356 e. The lowest BCUT2D eigenvalue weighted by Gasteiger charge is -2.06. The molecule has 1 aliphatic carbocycles. The van der Waals surface area contributed by atoms with Crippen molar-refractivity contribution < 1.29 is 4.79 Å². The van der Waals surface area contributed by atoms with Crippen molar-refractivity contribution >= 4 is 16.9 Å². The zero-order chi connectivity index (χ0) is 17.4. The molecule has 0 unspecified atom stereocenters. The van der Waals surface area contributed by atoms with E-state index < -0.39 is 0 Å². The maximum absolute atomic E-state index is 12.3. The summed E-state index contributed by atoms with van der Waals surface area (Å²) in [4.78, 5) is 12.3. The van der Waals surface area contributed by atoms with Gasteiger partial charge in [0.2, 0.25) is 5.91 Å². The first-order chi connectivity index (χ1) is 12.1. The van der Waals surface area contributed by atoms with E-state index in [4.69, 9.17) is 0 Å². The molecule has 130 valence electrons. The molecule has 0 bridgehead atoms. The zero-order valence-electron chi connectivity index (χ0n) is 14.6. The monoisotopic (exact) mass is 337 g/mol. The molecule has 25 heavy (non-hydrogen) atoms. The van der Waals surface area contributed by atoms with E-state index in [2.05, 4.69) is 27.6 Å². The van der Waals surface area contributed by atoms with Gasteiger partial charge in [0.15, 0.2) is 0 Å². The Balaban J connectivity index is 1.26. The third-order valence-electron chi connectivity index (χ3n) is 5.01. The van der Waals surface area contributed by atoms with Gasteiger partial charge in [0.05, 0.1) is 11.9 Å². The fraction of sp³-hybridized carbons (Fsp3) is 0.421. The van der Waals surface area contributed by atoms with Crippen LogP contribution < -0.4 is 5.32 Å². The molecule has 2 aromatic heterocycles. The van der Waals surface area contributed by atoms with E-state index in [-0.39, 0.29) is 11.8 Å². The highest BCUT2D eigenvalue weighted by Gasteiger charge is 2.43. The van der Waals surface area contributed by atoms with Crippen LogP contribution in [0.15, 0.2) is 36.5 Å². The Hall–Kier alpha value is -2.63. The second-order valence-electron chi connectivity index (χ2n) is 6.81. The van der Waals surface area contributed by atoms with E-state index in [9.17, 15) is 4.79 Å². The summed E-state index contributed by atoms with van der Waals surface area (Å²) in [6.45, 7) is 3.46. The molecule has 1 aromatic carbocycles. The molecule has 6 heteroatoms. The van der Waals surface area contributed by atoms with E-state index in [1.807, 2.05) is 47.7 Å². The van der Waals surface area contributed by atoms with Gasteiger partial charge in [-0.1, -0.05) is 30.3 Å². The van der Waals surface area contributed by atoms with Crippen molar-refractivity contribution in [2.45, 2.75) is 32.2 Å². The lowest BCUT2D eigenvalue weighted by molar-refractivity contribution is -0.122. The molecule has 1 aliphatic rings. The van der Waals surface area contributed by atoms with Gasteiger partial charge < -0.3 is 5.32 Å². The molecule has 1 amide bonds. The molecule has 3 aromatic rings. The van der Waals surface area contributed by atoms with Crippen molar-refractivity contribution in [1.29, 1.82) is 0 Å². The van der Waals surface area contributed by atoms with Gasteiger partial charge >= 0.3 is 0 Å². The normalized spacial score (nSPS) is 19.3. The summed E-state index contributed by atoms with van der Waals surface area (Å²) in [5.41, 5.74) is 4.39. The Morgan fingerprint density at radius 2 is 2.12 bits per heavy atom. The molecule has 1 saturated carbocycles. The van der Waals surface area contributed by atoms with Gasteiger partial charge in [-0.25, -0.2) is 0 Å². The van der Waals surface area contributed by atoms with E-state index in [0.717, 1.165) is 36.1 Å². The number of amides is 1. The number of hydrogen-bond acceptors (Lipinski definition) is 3. The molecular weight excluding hydrogens is 314 g/mol. The Morgan fingerprint density at radius 1 is 1.32 bits per heavy atom. The van der Waals surface area contributed by atoms with Crippen molar-refractivity contribution in [2.75, 3.05) is 6.54 Å². The lowest BCUT2D eigenvalue weighted by atomic mass is 10.1. The van der Waals surface area contributed by atoms with Gasteiger partial charge in [-0.2, -0.15) is 10.2 Å². The maximum Gasteiger partial charge on any atom is 0.223 e. The van der Waals surface area contributed by atoms with E-state index >= 15 is 0 Å². The summed E-state index contributed by atoms with van der Waals surface area (Å²) in [5, 5.41) is 11.9. The fourth-order valence-electron chi connectivity index (χ4n) is 3.61. The summed E-state index contributed by atoms with van der Waals surface area (Å²) in [5.74, 6) is 0.710. The Morgan fingerprint density at radius 3 is 2.92 bits per heavy atom. The quantitative estimate of drug-likeness (QED) is 0.703. The minimum Gasteiger partial charge on any atom is -0.356 e. The SMILES string of the molecule is Cc1nn(C)c2cnn(CCCNC(=O)[C@H]3C[C@H]3c3ccccc3)c12. The van der Waals surface area contributed by atoms with Gasteiger partial charge in [-0.15, -0.1) is 0 Å². The van der Waals surface area contributed by atoms with Crippen LogP contribution in [0.1, 0.15) is 30.0 Å². The topological polar surface area (TPSA) is 64.7 Å². The van der Waals surface area contributed by atoms with Gasteiger partial charge in [0.25, 0.3) is 0 Å². The Kier molecular flexibility index (Phi) is 4.03. The lowest BCUT2D eigenvalue weighted by Crippen LogP contribution is -2.27. The van der Waals surface area contributed by atoms with Crippen LogP contribution in [0, 0.1) is 12.8 Å². The zero-order valence-corrected chi connectivity index (χ0v) is 14.6. The second kappa shape index (κ2) is 6.35. The third kappa shape index (κ3) is 3.04. The molecule has 4 rings (SSSR count). The third-order valence-corrected chi connectivity index (χ3v) is 5.01. The average molecular weight is 337 g/mol. The molecule has 2 heterocycles. The van der Waals surface area contributed by atoms with Crippen LogP contribution in [0.3, 0.4) is 0 Å². The molecule has 0 radical (unpaired) electrons. The first kappa shape index (κ1) is 15.9. The first-order valence-electron chi connectivity index (χ1n) is 8.83. The van der Waals surface area contributed by atoms with E-state index in [0.29, 0.717) is 12.5 Å². The van der Waals surface area contributed by atoms with Gasteiger partial charge in [0.1, 0.15) is 11.0 Å². The molecule has 2 atom stereocenters. The van der Waals surface area contributed by atoms with Crippen LogP contribution in [0.25, 0.3) is 11.0 Å². The standard InChI is InChI=1S/C19H23N5O/c1-13-18-17(23(2)22-13)12-21-24(18)10-6-9-20-19(25)16-11-15(16)14-7-4-3-5-8-14/h3-5,7-8,12,15-16H,6,9-11H2,1-2H3,(H,20,25)/t15-,16-/m0/s1. The van der Waals surface area contributed by atoms with Crippen LogP contribution in [-0.4, -0.2) is 32.0 Å². The highest BCUT2D eigenvalue weighted by molar-refractivity contribution is 5.82. The summed E-state index contributed by atoms with van der Waals surface area (Å²) in [7, 11) is 1.93. The molecule has 0 aliphatic heterocycles. The van der Waals surface area contributed by atoms with Crippen molar-refractivity contribution in [3.05, 3.63) is 47.8 Å². The highest BCUT2D eigenvalue weighted by atomic mass is 16.2. The highest BCUT2D eigenvalue weighted by Crippen LogP contribution is 2.47. The number of aryl methyl sites for hydroxylation is 3. The minimum absolute atomic E-state index is 0.138. The Bertz CT molecular complexity index is 895. The molecule has 6 nitrogen and oxygen atoms in total. The number of nitrogens with one attached hydrogen (secondary N) is 1. The first-order valence-corrected chi connectivity index (χ1v) is 8.83.